The fourth-order valence-corrected chi connectivity index (χ4v) is 9.74. The number of nitrogen functional groups attached to an aromatic ring is 1. The normalized spacial score (nSPS) is 13.2. The number of hydrogen-bond acceptors (Lipinski definition) is 21. The molecule has 26 nitrogen and oxygen atoms in total. The summed E-state index contributed by atoms with van der Waals surface area (Å²) in [4.78, 5) is 10.2. The number of phenols is 1. The topological polar surface area (TPSA) is 429 Å². The van der Waals surface area contributed by atoms with Crippen LogP contribution in [0.25, 0.3) is 10.8 Å². The van der Waals surface area contributed by atoms with Gasteiger partial charge in [-0.3, -0.25) is 23.0 Å². The van der Waals surface area contributed by atoms with Crippen LogP contribution >= 0.6 is 0 Å². The van der Waals surface area contributed by atoms with Crippen LogP contribution in [0.5, 0.6) is 5.75 Å². The van der Waals surface area contributed by atoms with Crippen LogP contribution in [-0.4, -0.2) is 104 Å². The highest BCUT2D eigenvalue weighted by molar-refractivity contribution is 7.91. The summed E-state index contributed by atoms with van der Waals surface area (Å²) in [6, 6.07) is 15.1. The highest BCUT2D eigenvalue weighted by Gasteiger charge is 2.28. The van der Waals surface area contributed by atoms with Gasteiger partial charge in [-0.2, -0.15) is 43.9 Å². The van der Waals surface area contributed by atoms with Gasteiger partial charge in [0, 0.05) is 11.3 Å². The smallest absolute Gasteiger partial charge is 0.397 e. The van der Waals surface area contributed by atoms with E-state index in [1.807, 2.05) is 0 Å². The maximum absolute atomic E-state index is 13.1. The van der Waals surface area contributed by atoms with Crippen LogP contribution in [0.4, 0.5) is 34.1 Å². The van der Waals surface area contributed by atoms with Crippen molar-refractivity contribution in [2.75, 3.05) is 35.8 Å². The average Bonchev–Trinajstić information content (AvgIpc) is 3.18. The lowest BCUT2D eigenvalue weighted by Crippen LogP contribution is -2.15. The lowest BCUT2D eigenvalue weighted by molar-refractivity contribution is 0.102. The molecule has 0 heterocycles. The predicted molar refractivity (Wildman–Crippen MR) is 224 cm³/mol. The number of rotatable bonds is 18. The first-order chi connectivity index (χ1) is 29.9. The number of aromatic hydroxyl groups is 1. The Morgan fingerprint density at radius 1 is 0.585 bits per heavy atom. The minimum absolute atomic E-state index is 0.0863. The van der Waals surface area contributed by atoms with Crippen molar-refractivity contribution in [2.24, 2.45) is 20.5 Å². The number of carbonyl (C=O) groups excluding carboxylic acids is 1. The van der Waals surface area contributed by atoms with Gasteiger partial charge in [-0.05, 0) is 84.2 Å². The van der Waals surface area contributed by atoms with E-state index in [2.05, 4.69) is 34.1 Å². The average molecular weight is 1020 g/mol. The number of fused-ring (bicyclic) bond motifs is 1. The molecular formula is C33H30N6O20S6. The molecule has 0 aromatic heterocycles. The number of carbonyl (C=O) groups is 1. The van der Waals surface area contributed by atoms with Crippen LogP contribution in [0.2, 0.25) is 0 Å². The second-order valence-corrected chi connectivity index (χ2v) is 22.0. The number of nitrogens with zero attached hydrogens (tertiary/aromatic N) is 4. The summed E-state index contributed by atoms with van der Waals surface area (Å²) in [5, 5.41) is 28.0. The van der Waals surface area contributed by atoms with Gasteiger partial charge in [0.1, 0.15) is 21.2 Å². The van der Waals surface area contributed by atoms with Crippen LogP contribution < -0.4 is 11.1 Å². The number of nitrogens with one attached hydrogen (secondary N) is 1. The van der Waals surface area contributed by atoms with Gasteiger partial charge in [0.25, 0.3) is 26.1 Å². The minimum Gasteiger partial charge on any atom is -0.505 e. The molecule has 0 unspecified atom stereocenters. The second-order valence-electron chi connectivity index (χ2n) is 12.8. The Bertz CT molecular complexity index is 3460. The maximum atomic E-state index is 13.1. The van der Waals surface area contributed by atoms with Gasteiger partial charge in [0.15, 0.2) is 25.4 Å². The first-order valence-corrected chi connectivity index (χ1v) is 26.1. The second kappa shape index (κ2) is 18.9. The summed E-state index contributed by atoms with van der Waals surface area (Å²) in [5.74, 6) is -3.57. The van der Waals surface area contributed by atoms with Crippen molar-refractivity contribution in [1.82, 2.24) is 0 Å². The maximum Gasteiger partial charge on any atom is 0.397 e. The molecule has 0 aliphatic rings. The molecule has 0 atom stereocenters. The highest BCUT2D eigenvalue weighted by atomic mass is 32.3. The van der Waals surface area contributed by atoms with Crippen LogP contribution in [0, 0.1) is 0 Å². The molecule has 8 N–H and O–H groups in total. The monoisotopic (exact) mass is 1020 g/mol. The van der Waals surface area contributed by atoms with Gasteiger partial charge in [0.05, 0.1) is 57.0 Å². The van der Waals surface area contributed by atoms with E-state index in [0.717, 1.165) is 42.5 Å². The molecule has 0 aliphatic carbocycles. The molecule has 65 heavy (non-hydrogen) atoms. The largest absolute Gasteiger partial charge is 0.505 e. The number of anilines is 2. The fourth-order valence-electron chi connectivity index (χ4n) is 5.43. The molecule has 0 bridgehead atoms. The first kappa shape index (κ1) is 50.1. The van der Waals surface area contributed by atoms with E-state index in [0.29, 0.717) is 12.1 Å². The van der Waals surface area contributed by atoms with Crippen molar-refractivity contribution in [2.45, 2.75) is 19.6 Å². The molecule has 1 amide bonds. The van der Waals surface area contributed by atoms with E-state index in [-0.39, 0.29) is 32.4 Å². The van der Waals surface area contributed by atoms with Crippen LogP contribution in [-0.2, 0) is 69.1 Å². The van der Waals surface area contributed by atoms with Gasteiger partial charge in [-0.15, -0.1) is 10.2 Å². The molecule has 348 valence electrons. The number of benzene rings is 5. The summed E-state index contributed by atoms with van der Waals surface area (Å²) in [5.41, 5.74) is 3.40. The summed E-state index contributed by atoms with van der Waals surface area (Å²) >= 11 is 0. The standard InChI is InChI=1S/C33H30N6O20S6/c34-29-28-20(17-26(62(46,47)48)30(29)38-36-22-6-10-25(11-7-22)61(44,45)15-13-59-65(55,56)57)18-27(63(49,50)51)31(32(28)40)39-37-23-3-1-2-19(16-23)33(41)35-21-4-8-24(9-5-21)60(42,43)14-12-58-64(52,53)54/h1-11,16-18,40H,12-15,34H2,(H,35,41)(H,46,47,48)(H,49,50,51)(H,52,53,54)(H,55,56,57). The zero-order valence-electron chi connectivity index (χ0n) is 32.1. The van der Waals surface area contributed by atoms with Gasteiger partial charge < -0.3 is 16.2 Å². The number of hydrogen-bond donors (Lipinski definition) is 7. The molecular weight excluding hydrogens is 993 g/mol. The zero-order chi connectivity index (χ0) is 48.3. The van der Waals surface area contributed by atoms with E-state index in [1.165, 1.54) is 30.3 Å². The molecule has 0 saturated heterocycles. The van der Waals surface area contributed by atoms with Crippen molar-refractivity contribution >= 4 is 112 Å². The van der Waals surface area contributed by atoms with E-state index in [4.69, 9.17) is 14.8 Å². The van der Waals surface area contributed by atoms with Crippen molar-refractivity contribution in [3.63, 3.8) is 0 Å². The zero-order valence-corrected chi connectivity index (χ0v) is 37.0. The van der Waals surface area contributed by atoms with E-state index in [1.54, 1.807) is 0 Å². The van der Waals surface area contributed by atoms with E-state index in [9.17, 15) is 69.5 Å². The molecule has 0 aliphatic heterocycles. The quantitative estimate of drug-likeness (QED) is 0.0372. The lowest BCUT2D eigenvalue weighted by Gasteiger charge is -2.14. The van der Waals surface area contributed by atoms with Crippen LogP contribution in [0.1, 0.15) is 10.4 Å². The van der Waals surface area contributed by atoms with Crippen molar-refractivity contribution in [1.29, 1.82) is 0 Å². The number of amides is 1. The summed E-state index contributed by atoms with van der Waals surface area (Å²) in [6.45, 7) is -1.78. The number of sulfone groups is 2. The molecule has 0 saturated carbocycles. The third kappa shape index (κ3) is 13.1. The third-order valence-electron chi connectivity index (χ3n) is 8.35. The van der Waals surface area contributed by atoms with Gasteiger partial charge in [-0.25, -0.2) is 25.2 Å². The minimum atomic E-state index is -5.31. The van der Waals surface area contributed by atoms with Crippen molar-refractivity contribution in [3.05, 3.63) is 90.5 Å². The Hall–Kier alpha value is -5.91. The molecule has 5 aromatic rings. The molecule has 0 radical (unpaired) electrons. The molecule has 5 rings (SSSR count). The number of nitrogens with two attached hydrogens (primary N) is 1. The summed E-state index contributed by atoms with van der Waals surface area (Å²) in [6.07, 6.45) is 0. The molecule has 0 fully saturated rings. The Labute approximate surface area is 368 Å². The third-order valence-corrected chi connectivity index (χ3v) is 14.4. The predicted octanol–water partition coefficient (Wildman–Crippen LogP) is 3.89. The van der Waals surface area contributed by atoms with Gasteiger partial charge in [-0.1, -0.05) is 6.07 Å². The van der Waals surface area contributed by atoms with Crippen molar-refractivity contribution in [3.8, 4) is 5.75 Å². The van der Waals surface area contributed by atoms with Crippen LogP contribution in [0.15, 0.2) is 125 Å². The van der Waals surface area contributed by atoms with Crippen LogP contribution in [0.3, 0.4) is 0 Å². The fraction of sp³-hybridized carbons (Fsp3) is 0.121. The lowest BCUT2D eigenvalue weighted by atomic mass is 10.1. The Balaban J connectivity index is 1.46. The SMILES string of the molecule is Nc1c(N=Nc2ccc(S(=O)(=O)CCOS(=O)(=O)O)cc2)c(S(=O)(=O)O)cc2cc(S(=O)(=O)O)c(N=Nc3cccc(C(=O)Nc4ccc(S(=O)(=O)CCOS(=O)(=O)O)cc4)c3)c(O)c12. The van der Waals surface area contributed by atoms with Gasteiger partial charge >= 0.3 is 20.8 Å². The number of phenolic OH excluding ortho intramolecular Hbond substituents is 1. The summed E-state index contributed by atoms with van der Waals surface area (Å²) < 4.78 is 188. The van der Waals surface area contributed by atoms with Gasteiger partial charge in [0.2, 0.25) is 0 Å². The number of azo groups is 2. The molecule has 32 heteroatoms. The highest BCUT2D eigenvalue weighted by Crippen LogP contribution is 2.48. The van der Waals surface area contributed by atoms with Crippen molar-refractivity contribution < 1.29 is 87.0 Å². The van der Waals surface area contributed by atoms with E-state index >= 15 is 0 Å². The Morgan fingerprint density at radius 2 is 1.05 bits per heavy atom. The first-order valence-electron chi connectivity index (χ1n) is 17.2. The summed E-state index contributed by atoms with van der Waals surface area (Å²) in [7, 11) is -28.6. The molecule has 5 aromatic carbocycles. The Kier molecular flexibility index (Phi) is 14.6. The van der Waals surface area contributed by atoms with E-state index < -0.39 is 135 Å². The Morgan fingerprint density at radius 3 is 1.54 bits per heavy atom. The molecule has 0 spiro atoms.